The minimum absolute atomic E-state index is 0.0135. The lowest BCUT2D eigenvalue weighted by molar-refractivity contribution is -0.137. The van der Waals surface area contributed by atoms with Gasteiger partial charge in [-0.05, 0) is 36.5 Å². The van der Waals surface area contributed by atoms with E-state index < -0.39 is 0 Å². The summed E-state index contributed by atoms with van der Waals surface area (Å²) in [5.41, 5.74) is 4.22. The summed E-state index contributed by atoms with van der Waals surface area (Å²) in [6.45, 7) is 5.85. The predicted octanol–water partition coefficient (Wildman–Crippen LogP) is 3.60. The number of nitrogens with one attached hydrogen (secondary N) is 1. The number of aromatic nitrogens is 1. The standard InChI is InChI=1S/C23H28N2O4/c1-5-14-12-25-10-9-15-21-18(7-6-8-20(21)28-3)24-22(15)19(25)11-16(14)17(13-27-2)23(26)29-4/h5-8,13-14,16,19,24H,1,9-12H2,2-4H3/b17-13+/t14-,16-,19?/m0/s1. The predicted molar refractivity (Wildman–Crippen MR) is 112 cm³/mol. The van der Waals surface area contributed by atoms with Crippen LogP contribution in [0.3, 0.4) is 0 Å². The molecule has 154 valence electrons. The fourth-order valence-corrected chi connectivity index (χ4v) is 5.04. The summed E-state index contributed by atoms with van der Waals surface area (Å²) in [4.78, 5) is 18.6. The Morgan fingerprint density at radius 3 is 2.83 bits per heavy atom. The molecule has 6 heteroatoms. The maximum Gasteiger partial charge on any atom is 0.337 e. The highest BCUT2D eigenvalue weighted by Crippen LogP contribution is 2.46. The summed E-state index contributed by atoms with van der Waals surface area (Å²) < 4.78 is 15.9. The van der Waals surface area contributed by atoms with Crippen molar-refractivity contribution in [3.63, 3.8) is 0 Å². The molecule has 1 aromatic carbocycles. The van der Waals surface area contributed by atoms with Crippen molar-refractivity contribution < 1.29 is 19.0 Å². The first-order valence-electron chi connectivity index (χ1n) is 9.98. The summed E-state index contributed by atoms with van der Waals surface area (Å²) in [6.07, 6.45) is 5.25. The highest BCUT2D eigenvalue weighted by atomic mass is 16.5. The number of methoxy groups -OCH3 is 3. The van der Waals surface area contributed by atoms with Crippen LogP contribution in [0.4, 0.5) is 0 Å². The van der Waals surface area contributed by atoms with Crippen molar-refractivity contribution in [2.24, 2.45) is 11.8 Å². The van der Waals surface area contributed by atoms with Gasteiger partial charge in [-0.3, -0.25) is 4.90 Å². The molecular formula is C23H28N2O4. The average molecular weight is 396 g/mol. The van der Waals surface area contributed by atoms with E-state index >= 15 is 0 Å². The Morgan fingerprint density at radius 1 is 1.31 bits per heavy atom. The number of carbonyl (C=O) groups excluding carboxylic acids is 1. The van der Waals surface area contributed by atoms with Crippen molar-refractivity contribution in [2.45, 2.75) is 18.9 Å². The number of aromatic amines is 1. The lowest BCUT2D eigenvalue weighted by Crippen LogP contribution is -2.46. The third-order valence-electron chi connectivity index (χ3n) is 6.37. The fourth-order valence-electron chi connectivity index (χ4n) is 5.04. The zero-order valence-corrected chi connectivity index (χ0v) is 17.2. The molecule has 0 amide bonds. The molecule has 6 nitrogen and oxygen atoms in total. The molecule has 2 aliphatic heterocycles. The van der Waals surface area contributed by atoms with Crippen LogP contribution in [0.2, 0.25) is 0 Å². The first kappa shape index (κ1) is 19.6. The van der Waals surface area contributed by atoms with Crippen LogP contribution in [-0.2, 0) is 20.7 Å². The molecule has 3 heterocycles. The number of nitrogens with zero attached hydrogens (tertiary/aromatic N) is 1. The summed E-state index contributed by atoms with van der Waals surface area (Å²) >= 11 is 0. The Morgan fingerprint density at radius 2 is 2.14 bits per heavy atom. The average Bonchev–Trinajstić information content (AvgIpc) is 3.15. The van der Waals surface area contributed by atoms with Crippen LogP contribution < -0.4 is 4.74 Å². The zero-order chi connectivity index (χ0) is 20.5. The molecule has 2 aliphatic rings. The third-order valence-corrected chi connectivity index (χ3v) is 6.37. The van der Waals surface area contributed by atoms with Crippen molar-refractivity contribution in [1.29, 1.82) is 0 Å². The molecule has 1 saturated heterocycles. The lowest BCUT2D eigenvalue weighted by Gasteiger charge is -2.45. The monoisotopic (exact) mass is 396 g/mol. The fraction of sp³-hybridized carbons (Fsp3) is 0.435. The Hall–Kier alpha value is -2.73. The van der Waals surface area contributed by atoms with Gasteiger partial charge in [-0.15, -0.1) is 6.58 Å². The minimum Gasteiger partial charge on any atom is -0.504 e. The van der Waals surface area contributed by atoms with Gasteiger partial charge in [0.05, 0.1) is 39.2 Å². The number of piperidine rings is 1. The maximum atomic E-state index is 12.4. The van der Waals surface area contributed by atoms with Crippen LogP contribution in [0.15, 0.2) is 42.7 Å². The number of carbonyl (C=O) groups is 1. The molecule has 2 aromatic rings. The van der Waals surface area contributed by atoms with E-state index in [2.05, 4.69) is 22.5 Å². The first-order valence-corrected chi connectivity index (χ1v) is 9.98. The largest absolute Gasteiger partial charge is 0.504 e. The van der Waals surface area contributed by atoms with E-state index in [-0.39, 0.29) is 23.8 Å². The zero-order valence-electron chi connectivity index (χ0n) is 17.2. The number of H-pyrrole nitrogens is 1. The van der Waals surface area contributed by atoms with Crippen LogP contribution in [0.5, 0.6) is 5.75 Å². The van der Waals surface area contributed by atoms with Gasteiger partial charge in [0.15, 0.2) is 0 Å². The van der Waals surface area contributed by atoms with Crippen LogP contribution in [0, 0.1) is 11.8 Å². The number of rotatable bonds is 5. The van der Waals surface area contributed by atoms with Gasteiger partial charge < -0.3 is 19.2 Å². The van der Waals surface area contributed by atoms with E-state index in [0.29, 0.717) is 5.57 Å². The molecule has 3 atom stereocenters. The number of esters is 1. The van der Waals surface area contributed by atoms with Gasteiger partial charge in [0.1, 0.15) is 5.75 Å². The second kappa shape index (κ2) is 7.95. The van der Waals surface area contributed by atoms with E-state index in [0.717, 1.165) is 37.2 Å². The van der Waals surface area contributed by atoms with Gasteiger partial charge in [-0.1, -0.05) is 12.1 Å². The van der Waals surface area contributed by atoms with Gasteiger partial charge in [0.2, 0.25) is 0 Å². The lowest BCUT2D eigenvalue weighted by atomic mass is 9.75. The van der Waals surface area contributed by atoms with E-state index in [4.69, 9.17) is 14.2 Å². The van der Waals surface area contributed by atoms with Gasteiger partial charge in [-0.2, -0.15) is 0 Å². The van der Waals surface area contributed by atoms with Crippen LogP contribution >= 0.6 is 0 Å². The molecular weight excluding hydrogens is 368 g/mol. The quantitative estimate of drug-likeness (QED) is 0.362. The van der Waals surface area contributed by atoms with Crippen LogP contribution in [0.25, 0.3) is 10.9 Å². The smallest absolute Gasteiger partial charge is 0.337 e. The maximum absolute atomic E-state index is 12.4. The van der Waals surface area contributed by atoms with Crippen molar-refractivity contribution in [1.82, 2.24) is 9.88 Å². The molecule has 0 saturated carbocycles. The van der Waals surface area contributed by atoms with Gasteiger partial charge in [-0.25, -0.2) is 4.79 Å². The second-order valence-electron chi connectivity index (χ2n) is 7.70. The number of hydrogen-bond acceptors (Lipinski definition) is 5. The highest BCUT2D eigenvalue weighted by Gasteiger charge is 2.42. The third kappa shape index (κ3) is 3.21. The van der Waals surface area contributed by atoms with Crippen molar-refractivity contribution in [2.75, 3.05) is 34.4 Å². The molecule has 0 spiro atoms. The van der Waals surface area contributed by atoms with Crippen molar-refractivity contribution in [3.05, 3.63) is 53.9 Å². The molecule has 1 fully saturated rings. The minimum atomic E-state index is -0.341. The molecule has 1 unspecified atom stereocenters. The summed E-state index contributed by atoms with van der Waals surface area (Å²) in [5, 5.41) is 1.17. The number of benzene rings is 1. The number of fused-ring (bicyclic) bond motifs is 5. The van der Waals surface area contributed by atoms with Gasteiger partial charge >= 0.3 is 5.97 Å². The summed E-state index contributed by atoms with van der Waals surface area (Å²) in [5.74, 6) is 0.707. The first-order chi connectivity index (χ1) is 14.1. The van der Waals surface area contributed by atoms with Crippen LogP contribution in [-0.4, -0.2) is 50.3 Å². The van der Waals surface area contributed by atoms with Crippen LogP contribution in [0.1, 0.15) is 23.7 Å². The topological polar surface area (TPSA) is 63.8 Å². The Kier molecular flexibility index (Phi) is 5.37. The molecule has 0 radical (unpaired) electrons. The molecule has 1 N–H and O–H groups in total. The Balaban J connectivity index is 1.77. The molecule has 1 aromatic heterocycles. The van der Waals surface area contributed by atoms with Gasteiger partial charge in [0, 0.05) is 35.6 Å². The summed E-state index contributed by atoms with van der Waals surface area (Å²) in [7, 11) is 4.68. The molecule has 0 aliphatic carbocycles. The SMILES string of the molecule is C=C[C@H]1CN2CCc3c([nH]c4cccc(OC)c34)C2C[C@@H]1/C(=C\OC)C(=O)OC. The van der Waals surface area contributed by atoms with Gasteiger partial charge in [0.25, 0.3) is 0 Å². The second-order valence-corrected chi connectivity index (χ2v) is 7.70. The van der Waals surface area contributed by atoms with E-state index in [9.17, 15) is 4.79 Å². The number of hydrogen-bond donors (Lipinski definition) is 1. The van der Waals surface area contributed by atoms with Crippen molar-refractivity contribution in [3.8, 4) is 5.75 Å². The molecule has 0 bridgehead atoms. The van der Waals surface area contributed by atoms with Crippen molar-refractivity contribution >= 4 is 16.9 Å². The Labute approximate surface area is 171 Å². The van der Waals surface area contributed by atoms with E-state index in [1.54, 1.807) is 14.2 Å². The molecule has 29 heavy (non-hydrogen) atoms. The normalized spacial score (nSPS) is 24.5. The van der Waals surface area contributed by atoms with E-state index in [1.807, 2.05) is 18.2 Å². The molecule has 4 rings (SSSR count). The van der Waals surface area contributed by atoms with E-state index in [1.165, 1.54) is 30.0 Å². The number of ether oxygens (including phenoxy) is 3. The summed E-state index contributed by atoms with van der Waals surface area (Å²) in [6, 6.07) is 6.31. The Bertz CT molecular complexity index is 961. The highest BCUT2D eigenvalue weighted by molar-refractivity contribution is 5.91.